The van der Waals surface area contributed by atoms with Crippen LogP contribution in [0.1, 0.15) is 18.5 Å². The SMILES string of the molecule is C[C@@H](NC(CO)CO)c1ccc(Cl)cc1. The average molecular weight is 230 g/mol. The highest BCUT2D eigenvalue weighted by Gasteiger charge is 2.11. The molecule has 3 N–H and O–H groups in total. The van der Waals surface area contributed by atoms with Gasteiger partial charge in [-0.1, -0.05) is 23.7 Å². The van der Waals surface area contributed by atoms with Gasteiger partial charge in [0.1, 0.15) is 0 Å². The molecule has 0 aliphatic rings. The molecule has 0 amide bonds. The van der Waals surface area contributed by atoms with E-state index < -0.39 is 0 Å². The fraction of sp³-hybridized carbons (Fsp3) is 0.455. The summed E-state index contributed by atoms with van der Waals surface area (Å²) in [5.41, 5.74) is 1.08. The lowest BCUT2D eigenvalue weighted by atomic mass is 10.1. The maximum Gasteiger partial charge on any atom is 0.0607 e. The van der Waals surface area contributed by atoms with E-state index in [0.717, 1.165) is 5.56 Å². The van der Waals surface area contributed by atoms with Gasteiger partial charge in [-0.25, -0.2) is 0 Å². The zero-order chi connectivity index (χ0) is 11.3. The summed E-state index contributed by atoms with van der Waals surface area (Å²) in [6.45, 7) is 1.82. The molecule has 0 heterocycles. The van der Waals surface area contributed by atoms with E-state index in [2.05, 4.69) is 5.32 Å². The van der Waals surface area contributed by atoms with Crippen molar-refractivity contribution in [2.75, 3.05) is 13.2 Å². The molecular weight excluding hydrogens is 214 g/mol. The van der Waals surface area contributed by atoms with E-state index in [9.17, 15) is 0 Å². The van der Waals surface area contributed by atoms with Crippen LogP contribution < -0.4 is 5.32 Å². The van der Waals surface area contributed by atoms with Crippen LogP contribution in [0.5, 0.6) is 0 Å². The molecule has 0 spiro atoms. The second kappa shape index (κ2) is 6.08. The van der Waals surface area contributed by atoms with Crippen LogP contribution in [0.2, 0.25) is 5.02 Å². The third-order valence-corrected chi connectivity index (χ3v) is 2.55. The van der Waals surface area contributed by atoms with Crippen molar-refractivity contribution in [3.63, 3.8) is 0 Å². The monoisotopic (exact) mass is 229 g/mol. The Labute approximate surface area is 94.7 Å². The highest BCUT2D eigenvalue weighted by Crippen LogP contribution is 2.16. The van der Waals surface area contributed by atoms with E-state index in [4.69, 9.17) is 21.8 Å². The second-order valence-electron chi connectivity index (χ2n) is 3.50. The molecular formula is C11H16ClNO2. The quantitative estimate of drug-likeness (QED) is 0.715. The van der Waals surface area contributed by atoms with Crippen molar-refractivity contribution < 1.29 is 10.2 Å². The molecule has 1 atom stereocenters. The molecule has 1 aromatic carbocycles. The lowest BCUT2D eigenvalue weighted by molar-refractivity contribution is 0.163. The summed E-state index contributed by atoms with van der Waals surface area (Å²) in [6, 6.07) is 7.28. The molecule has 0 aliphatic carbocycles. The number of nitrogens with one attached hydrogen (secondary N) is 1. The first kappa shape index (κ1) is 12.5. The van der Waals surface area contributed by atoms with Gasteiger partial charge in [0.05, 0.1) is 19.3 Å². The van der Waals surface area contributed by atoms with E-state index >= 15 is 0 Å². The number of aliphatic hydroxyl groups is 2. The fourth-order valence-corrected chi connectivity index (χ4v) is 1.49. The molecule has 0 bridgehead atoms. The van der Waals surface area contributed by atoms with E-state index in [1.807, 2.05) is 31.2 Å². The molecule has 3 nitrogen and oxygen atoms in total. The van der Waals surface area contributed by atoms with Crippen LogP contribution >= 0.6 is 11.6 Å². The van der Waals surface area contributed by atoms with E-state index in [1.165, 1.54) is 0 Å². The first-order chi connectivity index (χ1) is 7.17. The normalized spacial score (nSPS) is 13.1. The summed E-state index contributed by atoms with van der Waals surface area (Å²) in [6.07, 6.45) is 0. The van der Waals surface area contributed by atoms with Crippen LogP contribution in [-0.4, -0.2) is 29.5 Å². The first-order valence-corrected chi connectivity index (χ1v) is 5.28. The van der Waals surface area contributed by atoms with Gasteiger partial charge in [-0.05, 0) is 24.6 Å². The Bertz CT molecular complexity index is 285. The van der Waals surface area contributed by atoms with Gasteiger partial charge >= 0.3 is 0 Å². The largest absolute Gasteiger partial charge is 0.395 e. The van der Waals surface area contributed by atoms with Gasteiger partial charge in [0, 0.05) is 11.1 Å². The lowest BCUT2D eigenvalue weighted by Gasteiger charge is -2.20. The topological polar surface area (TPSA) is 52.5 Å². The molecule has 0 radical (unpaired) electrons. The van der Waals surface area contributed by atoms with Gasteiger partial charge < -0.3 is 15.5 Å². The third kappa shape index (κ3) is 3.80. The summed E-state index contributed by atoms with van der Waals surface area (Å²) in [5.74, 6) is 0. The Hall–Kier alpha value is -0.610. The molecule has 0 aromatic heterocycles. The highest BCUT2D eigenvalue weighted by molar-refractivity contribution is 6.30. The highest BCUT2D eigenvalue weighted by atomic mass is 35.5. The van der Waals surface area contributed by atoms with Crippen LogP contribution in [0.25, 0.3) is 0 Å². The summed E-state index contributed by atoms with van der Waals surface area (Å²) < 4.78 is 0. The molecule has 0 saturated heterocycles. The summed E-state index contributed by atoms with van der Waals surface area (Å²) in [4.78, 5) is 0. The number of halogens is 1. The fourth-order valence-electron chi connectivity index (χ4n) is 1.36. The Balaban J connectivity index is 2.60. The van der Waals surface area contributed by atoms with Crippen LogP contribution in [0, 0.1) is 0 Å². The molecule has 0 saturated carbocycles. The third-order valence-electron chi connectivity index (χ3n) is 2.30. The Kier molecular flexibility index (Phi) is 5.05. The van der Waals surface area contributed by atoms with Crippen LogP contribution in [0.3, 0.4) is 0 Å². The predicted molar refractivity (Wildman–Crippen MR) is 61.0 cm³/mol. The number of hydrogen-bond donors (Lipinski definition) is 3. The molecule has 4 heteroatoms. The van der Waals surface area contributed by atoms with Crippen LogP contribution in [-0.2, 0) is 0 Å². The van der Waals surface area contributed by atoms with Crippen LogP contribution in [0.4, 0.5) is 0 Å². The maximum absolute atomic E-state index is 8.92. The standard InChI is InChI=1S/C11H16ClNO2/c1-8(13-11(6-14)7-15)9-2-4-10(12)5-3-9/h2-5,8,11,13-15H,6-7H2,1H3/t8-/m1/s1. The number of hydrogen-bond acceptors (Lipinski definition) is 3. The minimum Gasteiger partial charge on any atom is -0.395 e. The van der Waals surface area contributed by atoms with Crippen molar-refractivity contribution in [2.24, 2.45) is 0 Å². The molecule has 0 fully saturated rings. The smallest absolute Gasteiger partial charge is 0.0607 e. The second-order valence-corrected chi connectivity index (χ2v) is 3.94. The molecule has 1 aromatic rings. The first-order valence-electron chi connectivity index (χ1n) is 4.90. The van der Waals surface area contributed by atoms with Crippen molar-refractivity contribution >= 4 is 11.6 Å². The van der Waals surface area contributed by atoms with Gasteiger partial charge in [0.2, 0.25) is 0 Å². The van der Waals surface area contributed by atoms with Gasteiger partial charge in [0.25, 0.3) is 0 Å². The number of aliphatic hydroxyl groups excluding tert-OH is 2. The Morgan fingerprint density at radius 1 is 1.20 bits per heavy atom. The van der Waals surface area contributed by atoms with E-state index in [1.54, 1.807) is 0 Å². The van der Waals surface area contributed by atoms with Crippen LogP contribution in [0.15, 0.2) is 24.3 Å². The van der Waals surface area contributed by atoms with Crippen molar-refractivity contribution in [3.8, 4) is 0 Å². The molecule has 1 rings (SSSR count). The van der Waals surface area contributed by atoms with E-state index in [0.29, 0.717) is 5.02 Å². The van der Waals surface area contributed by atoms with Crippen molar-refractivity contribution in [2.45, 2.75) is 19.0 Å². The molecule has 84 valence electrons. The van der Waals surface area contributed by atoms with Crippen molar-refractivity contribution in [1.29, 1.82) is 0 Å². The number of rotatable bonds is 5. The van der Waals surface area contributed by atoms with Crippen molar-refractivity contribution in [1.82, 2.24) is 5.32 Å². The molecule has 0 unspecified atom stereocenters. The average Bonchev–Trinajstić information content (AvgIpc) is 2.26. The Morgan fingerprint density at radius 2 is 1.73 bits per heavy atom. The minimum atomic E-state index is -0.282. The minimum absolute atomic E-state index is 0.0750. The molecule has 0 aliphatic heterocycles. The molecule has 15 heavy (non-hydrogen) atoms. The van der Waals surface area contributed by atoms with E-state index in [-0.39, 0.29) is 25.3 Å². The zero-order valence-electron chi connectivity index (χ0n) is 8.65. The van der Waals surface area contributed by atoms with Crippen molar-refractivity contribution in [3.05, 3.63) is 34.9 Å². The van der Waals surface area contributed by atoms with Gasteiger partial charge in [-0.3, -0.25) is 0 Å². The lowest BCUT2D eigenvalue weighted by Crippen LogP contribution is -2.37. The maximum atomic E-state index is 8.92. The summed E-state index contributed by atoms with van der Waals surface area (Å²) >= 11 is 5.78. The Morgan fingerprint density at radius 3 is 2.20 bits per heavy atom. The zero-order valence-corrected chi connectivity index (χ0v) is 9.41. The predicted octanol–water partition coefficient (Wildman–Crippen LogP) is 1.34. The van der Waals surface area contributed by atoms with Gasteiger partial charge in [-0.15, -0.1) is 0 Å². The van der Waals surface area contributed by atoms with Gasteiger partial charge in [-0.2, -0.15) is 0 Å². The van der Waals surface area contributed by atoms with Gasteiger partial charge in [0.15, 0.2) is 0 Å². The summed E-state index contributed by atoms with van der Waals surface area (Å²) in [7, 11) is 0. The number of benzene rings is 1. The summed E-state index contributed by atoms with van der Waals surface area (Å²) in [5, 5.41) is 21.7.